The lowest BCUT2D eigenvalue weighted by molar-refractivity contribution is 0.715. The number of aryl methyl sites for hydroxylation is 1. The summed E-state index contributed by atoms with van der Waals surface area (Å²) < 4.78 is 0. The van der Waals surface area contributed by atoms with Crippen LogP contribution in [0.15, 0.2) is 149 Å². The van der Waals surface area contributed by atoms with Crippen LogP contribution in [0.4, 0.5) is 0 Å². The van der Waals surface area contributed by atoms with Crippen molar-refractivity contribution in [3.8, 4) is 11.1 Å². The SMILES string of the molecule is CC.CCC.CCC.Cc1ccccc1-c1cccc([C@H]2C=C(c3cccc(/C=C/N=Cc4ccccc4)c3)NC(C3=CCC=CC[C@@H]3C)=N2)c1. The summed E-state index contributed by atoms with van der Waals surface area (Å²) in [6, 6.07) is 36.0. The number of nitrogens with zero attached hydrogens (tertiary/aromatic N) is 2. The molecule has 0 spiro atoms. The average Bonchev–Trinajstić information content (AvgIpc) is 3.39. The summed E-state index contributed by atoms with van der Waals surface area (Å²) in [6.07, 6.45) is 19.3. The fraction of sp³-hybridized carbons (Fsp3) is 0.292. The predicted octanol–water partition coefficient (Wildman–Crippen LogP) is 13.6. The van der Waals surface area contributed by atoms with E-state index in [-0.39, 0.29) is 6.04 Å². The van der Waals surface area contributed by atoms with Crippen molar-refractivity contribution in [1.29, 1.82) is 0 Å². The second-order valence-electron chi connectivity index (χ2n) is 12.6. The third-order valence-electron chi connectivity index (χ3n) is 8.04. The summed E-state index contributed by atoms with van der Waals surface area (Å²) in [5.74, 6) is 1.36. The second kappa shape index (κ2) is 22.6. The molecule has 0 unspecified atom stereocenters. The molecule has 1 aliphatic carbocycles. The van der Waals surface area contributed by atoms with E-state index in [1.807, 2.05) is 62.7 Å². The van der Waals surface area contributed by atoms with E-state index in [1.165, 1.54) is 40.7 Å². The summed E-state index contributed by atoms with van der Waals surface area (Å²) in [7, 11) is 0. The van der Waals surface area contributed by atoms with Gasteiger partial charge in [0.15, 0.2) is 0 Å². The van der Waals surface area contributed by atoms with E-state index in [1.54, 1.807) is 0 Å². The smallest absolute Gasteiger partial charge is 0.129 e. The lowest BCUT2D eigenvalue weighted by atomic mass is 9.93. The topological polar surface area (TPSA) is 36.8 Å². The fourth-order valence-electron chi connectivity index (χ4n) is 5.67. The predicted molar refractivity (Wildman–Crippen MR) is 226 cm³/mol. The van der Waals surface area contributed by atoms with Gasteiger partial charge in [0.25, 0.3) is 0 Å². The van der Waals surface area contributed by atoms with Crippen molar-refractivity contribution in [1.82, 2.24) is 5.32 Å². The maximum atomic E-state index is 5.31. The molecule has 1 aliphatic heterocycles. The Morgan fingerprint density at radius 3 is 2.18 bits per heavy atom. The molecule has 3 heteroatoms. The molecular formula is C48H59N3. The van der Waals surface area contributed by atoms with Gasteiger partial charge in [0.2, 0.25) is 0 Å². The minimum Gasteiger partial charge on any atom is -0.340 e. The van der Waals surface area contributed by atoms with E-state index in [0.717, 1.165) is 41.1 Å². The van der Waals surface area contributed by atoms with Crippen LogP contribution in [0, 0.1) is 12.8 Å². The highest BCUT2D eigenvalue weighted by Crippen LogP contribution is 2.33. The molecule has 1 heterocycles. The van der Waals surface area contributed by atoms with Crippen molar-refractivity contribution in [2.24, 2.45) is 15.9 Å². The lowest BCUT2D eigenvalue weighted by Gasteiger charge is -2.26. The van der Waals surface area contributed by atoms with Gasteiger partial charge >= 0.3 is 0 Å². The van der Waals surface area contributed by atoms with Crippen LogP contribution < -0.4 is 5.32 Å². The second-order valence-corrected chi connectivity index (χ2v) is 12.6. The summed E-state index contributed by atoms with van der Waals surface area (Å²) in [5.41, 5.74) is 10.6. The zero-order valence-electron chi connectivity index (χ0n) is 32.2. The largest absolute Gasteiger partial charge is 0.340 e. The minimum atomic E-state index is -0.103. The molecule has 0 amide bonds. The molecular weight excluding hydrogens is 619 g/mol. The lowest BCUT2D eigenvalue weighted by Crippen LogP contribution is -2.30. The van der Waals surface area contributed by atoms with E-state index in [4.69, 9.17) is 4.99 Å². The van der Waals surface area contributed by atoms with Gasteiger partial charge in [0.05, 0.1) is 6.04 Å². The van der Waals surface area contributed by atoms with Crippen molar-refractivity contribution in [2.75, 3.05) is 0 Å². The van der Waals surface area contributed by atoms with Crippen LogP contribution in [0.2, 0.25) is 0 Å². The number of allylic oxidation sites excluding steroid dienone is 3. The molecule has 0 fully saturated rings. The highest BCUT2D eigenvalue weighted by molar-refractivity contribution is 6.05. The van der Waals surface area contributed by atoms with Crippen LogP contribution in [0.25, 0.3) is 22.9 Å². The van der Waals surface area contributed by atoms with Gasteiger partial charge in [0.1, 0.15) is 5.84 Å². The third kappa shape index (κ3) is 12.7. The van der Waals surface area contributed by atoms with Crippen LogP contribution in [0.3, 0.4) is 0 Å². The Labute approximate surface area is 309 Å². The third-order valence-corrected chi connectivity index (χ3v) is 8.04. The minimum absolute atomic E-state index is 0.103. The summed E-state index contributed by atoms with van der Waals surface area (Å²) in [5, 5.41) is 3.73. The molecule has 0 aromatic heterocycles. The standard InChI is InChI=1S/C40H37N3.2C3H8.C2H6/c1-29-14-9-10-21-36(29)33-18-12-20-35(26-33)39-27-38(42-40(43-39)37-22-8-3-5-13-30(37)2)34-19-11-17-31(25-34)23-24-41-28-32-15-6-4-7-16-32;2*1-3-2;1-2/h3-7,9-12,14-28,30,39H,8,13H2,1-2H3,(H,42,43);2*3H2,1-2H3;1-2H3/b24-23+,41-28?;;;/t30-,39+;;;/m0.../s1. The Bertz CT molecular complexity index is 1800. The van der Waals surface area contributed by atoms with Crippen molar-refractivity contribution in [2.45, 2.75) is 87.1 Å². The van der Waals surface area contributed by atoms with E-state index in [9.17, 15) is 0 Å². The summed E-state index contributed by atoms with van der Waals surface area (Å²) >= 11 is 0. The highest BCUT2D eigenvalue weighted by atomic mass is 15.0. The van der Waals surface area contributed by atoms with Crippen molar-refractivity contribution in [3.63, 3.8) is 0 Å². The van der Waals surface area contributed by atoms with Gasteiger partial charge in [-0.2, -0.15) is 0 Å². The Balaban J connectivity index is 0.000000809. The van der Waals surface area contributed by atoms with Gasteiger partial charge in [-0.15, -0.1) is 0 Å². The number of benzene rings is 4. The molecule has 0 saturated carbocycles. The van der Waals surface area contributed by atoms with Crippen molar-refractivity contribution < 1.29 is 0 Å². The molecule has 266 valence electrons. The van der Waals surface area contributed by atoms with Crippen LogP contribution in [0.5, 0.6) is 0 Å². The van der Waals surface area contributed by atoms with E-state index >= 15 is 0 Å². The molecule has 0 bridgehead atoms. The Morgan fingerprint density at radius 1 is 0.765 bits per heavy atom. The first-order valence-electron chi connectivity index (χ1n) is 18.9. The van der Waals surface area contributed by atoms with E-state index < -0.39 is 0 Å². The number of aliphatic imine (C=N–C) groups is 2. The Morgan fingerprint density at radius 2 is 1.43 bits per heavy atom. The first-order chi connectivity index (χ1) is 25.0. The average molecular weight is 678 g/mol. The molecule has 1 N–H and O–H groups in total. The molecule has 0 radical (unpaired) electrons. The van der Waals surface area contributed by atoms with Crippen molar-refractivity contribution >= 4 is 23.8 Å². The number of hydrogen-bond acceptors (Lipinski definition) is 3. The Kier molecular flexibility index (Phi) is 17.9. The first-order valence-corrected chi connectivity index (χ1v) is 18.9. The number of rotatable bonds is 7. The Hall–Kier alpha value is -5.02. The summed E-state index contributed by atoms with van der Waals surface area (Å²) in [4.78, 5) is 9.80. The van der Waals surface area contributed by atoms with Crippen LogP contribution in [-0.2, 0) is 0 Å². The molecule has 3 nitrogen and oxygen atoms in total. The molecule has 4 aromatic carbocycles. The summed E-state index contributed by atoms with van der Waals surface area (Å²) in [6.45, 7) is 17.0. The van der Waals surface area contributed by atoms with Gasteiger partial charge in [-0.05, 0) is 94.5 Å². The van der Waals surface area contributed by atoms with Gasteiger partial charge in [0, 0.05) is 18.1 Å². The molecule has 51 heavy (non-hydrogen) atoms. The quantitative estimate of drug-likeness (QED) is 0.153. The highest BCUT2D eigenvalue weighted by Gasteiger charge is 2.23. The maximum absolute atomic E-state index is 5.31. The first kappa shape index (κ1) is 40.4. The number of hydrogen-bond donors (Lipinski definition) is 1. The van der Waals surface area contributed by atoms with Crippen molar-refractivity contribution in [3.05, 3.63) is 167 Å². The van der Waals surface area contributed by atoms with Gasteiger partial charge < -0.3 is 5.32 Å². The fourth-order valence-corrected chi connectivity index (χ4v) is 5.67. The van der Waals surface area contributed by atoms with Crippen LogP contribution >= 0.6 is 0 Å². The molecule has 2 atom stereocenters. The number of nitrogens with one attached hydrogen (secondary N) is 1. The molecule has 4 aromatic rings. The molecule has 0 saturated heterocycles. The van der Waals surface area contributed by atoms with Gasteiger partial charge in [-0.25, -0.2) is 0 Å². The molecule has 2 aliphatic rings. The zero-order chi connectivity index (χ0) is 36.8. The molecule has 6 rings (SSSR count). The normalized spacial score (nSPS) is 16.5. The monoisotopic (exact) mass is 677 g/mol. The zero-order valence-corrected chi connectivity index (χ0v) is 32.2. The van der Waals surface area contributed by atoms with Crippen LogP contribution in [0.1, 0.15) is 108 Å². The van der Waals surface area contributed by atoms with Gasteiger partial charge in [-0.3, -0.25) is 9.98 Å². The van der Waals surface area contributed by atoms with Gasteiger partial charge in [-0.1, -0.05) is 171 Å². The van der Waals surface area contributed by atoms with Crippen LogP contribution in [-0.4, -0.2) is 12.1 Å². The maximum Gasteiger partial charge on any atom is 0.129 e. The van der Waals surface area contributed by atoms with E-state index in [0.29, 0.717) is 5.92 Å². The number of amidine groups is 1. The van der Waals surface area contributed by atoms with E-state index in [2.05, 4.69) is 149 Å².